The largest absolute Gasteiger partial charge is 0.494 e. The highest BCUT2D eigenvalue weighted by Crippen LogP contribution is 2.29. The van der Waals surface area contributed by atoms with E-state index in [1.54, 1.807) is 23.6 Å². The summed E-state index contributed by atoms with van der Waals surface area (Å²) >= 11 is 5.15. The summed E-state index contributed by atoms with van der Waals surface area (Å²) in [5.74, 6) is 1.52. The van der Waals surface area contributed by atoms with Gasteiger partial charge in [0.05, 0.1) is 7.11 Å². The fourth-order valence-electron chi connectivity index (χ4n) is 2.14. The molecule has 3 rings (SSSR count). The highest BCUT2D eigenvalue weighted by molar-refractivity contribution is 9.10. The third-order valence-electron chi connectivity index (χ3n) is 3.32. The van der Waals surface area contributed by atoms with Crippen LogP contribution in [0.3, 0.4) is 0 Å². The zero-order valence-electron chi connectivity index (χ0n) is 12.7. The van der Waals surface area contributed by atoms with Gasteiger partial charge in [0.1, 0.15) is 11.4 Å². The lowest BCUT2D eigenvalue weighted by Crippen LogP contribution is -2.02. The summed E-state index contributed by atoms with van der Waals surface area (Å²) in [7, 11) is 1.65. The van der Waals surface area contributed by atoms with E-state index in [1.165, 1.54) is 5.56 Å². The van der Waals surface area contributed by atoms with Gasteiger partial charge in [-0.25, -0.2) is 0 Å². The number of hydrogen-bond donors (Lipinski definition) is 0. The molecular formula is C16H15BrN4OS. The Morgan fingerprint density at radius 2 is 2.04 bits per heavy atom. The first-order chi connectivity index (χ1) is 11.2. The van der Waals surface area contributed by atoms with Crippen LogP contribution in [0.1, 0.15) is 11.1 Å². The lowest BCUT2D eigenvalue weighted by molar-refractivity contribution is 0.410. The van der Waals surface area contributed by atoms with E-state index in [1.807, 2.05) is 43.3 Å². The molecule has 0 radical (unpaired) electrons. The van der Waals surface area contributed by atoms with Gasteiger partial charge in [0.15, 0.2) is 0 Å². The number of aromatic nitrogens is 4. The van der Waals surface area contributed by atoms with Gasteiger partial charge in [-0.15, -0.1) is 5.10 Å². The van der Waals surface area contributed by atoms with E-state index in [0.717, 1.165) is 32.4 Å². The molecule has 5 nitrogen and oxygen atoms in total. The summed E-state index contributed by atoms with van der Waals surface area (Å²) in [6, 6.07) is 14.1. The smallest absolute Gasteiger partial charge is 0.214 e. The average Bonchev–Trinajstić information content (AvgIpc) is 3.02. The van der Waals surface area contributed by atoms with E-state index in [2.05, 4.69) is 37.5 Å². The number of methoxy groups -OCH3 is 1. The molecule has 23 heavy (non-hydrogen) atoms. The molecule has 0 aliphatic heterocycles. The van der Waals surface area contributed by atoms with Gasteiger partial charge in [0.25, 0.3) is 0 Å². The van der Waals surface area contributed by atoms with Crippen LogP contribution >= 0.6 is 27.7 Å². The number of halogens is 1. The molecule has 0 saturated heterocycles. The molecule has 0 unspecified atom stereocenters. The molecule has 0 saturated carbocycles. The standard InChI is InChI=1S/C16H15BrN4OS/c1-11-7-8-15(22-2)14(9-11)21-16(18-19-20-21)23-10-12-5-3-4-6-13(12)17/h3-9H,10H2,1-2H3. The molecule has 0 atom stereocenters. The Morgan fingerprint density at radius 1 is 1.22 bits per heavy atom. The Morgan fingerprint density at radius 3 is 2.83 bits per heavy atom. The molecule has 0 aliphatic carbocycles. The van der Waals surface area contributed by atoms with E-state index in [-0.39, 0.29) is 0 Å². The Bertz CT molecular complexity index is 821. The van der Waals surface area contributed by atoms with Gasteiger partial charge in [-0.1, -0.05) is 52.0 Å². The molecule has 3 aromatic rings. The van der Waals surface area contributed by atoms with Crippen LogP contribution in [0.4, 0.5) is 0 Å². The fraction of sp³-hybridized carbons (Fsp3) is 0.188. The first-order valence-electron chi connectivity index (χ1n) is 6.98. The van der Waals surface area contributed by atoms with E-state index in [9.17, 15) is 0 Å². The van der Waals surface area contributed by atoms with Gasteiger partial charge in [-0.2, -0.15) is 4.68 Å². The Kier molecular flexibility index (Phi) is 4.97. The molecule has 0 bridgehead atoms. The zero-order chi connectivity index (χ0) is 16.2. The van der Waals surface area contributed by atoms with Crippen molar-refractivity contribution in [3.05, 3.63) is 58.1 Å². The predicted octanol–water partition coefficient (Wildman–Crippen LogP) is 4.03. The maximum atomic E-state index is 5.43. The van der Waals surface area contributed by atoms with Gasteiger partial charge in [-0.05, 0) is 46.7 Å². The number of rotatable bonds is 5. The van der Waals surface area contributed by atoms with E-state index in [0.29, 0.717) is 0 Å². The minimum atomic E-state index is 0.727. The van der Waals surface area contributed by atoms with Gasteiger partial charge < -0.3 is 4.74 Å². The predicted molar refractivity (Wildman–Crippen MR) is 94.1 cm³/mol. The highest BCUT2D eigenvalue weighted by atomic mass is 79.9. The van der Waals surface area contributed by atoms with Gasteiger partial charge in [-0.3, -0.25) is 0 Å². The van der Waals surface area contributed by atoms with Gasteiger partial charge in [0, 0.05) is 10.2 Å². The maximum Gasteiger partial charge on any atom is 0.214 e. The first-order valence-corrected chi connectivity index (χ1v) is 8.76. The monoisotopic (exact) mass is 390 g/mol. The van der Waals surface area contributed by atoms with Crippen LogP contribution in [0.15, 0.2) is 52.1 Å². The lowest BCUT2D eigenvalue weighted by Gasteiger charge is -2.10. The summed E-state index contributed by atoms with van der Waals surface area (Å²) in [5, 5.41) is 12.8. The fourth-order valence-corrected chi connectivity index (χ4v) is 3.64. The van der Waals surface area contributed by atoms with Crippen LogP contribution < -0.4 is 4.74 Å². The minimum absolute atomic E-state index is 0.727. The van der Waals surface area contributed by atoms with Crippen molar-refractivity contribution in [1.29, 1.82) is 0 Å². The summed E-state index contributed by atoms with van der Waals surface area (Å²) < 4.78 is 8.23. The van der Waals surface area contributed by atoms with Crippen molar-refractivity contribution in [3.8, 4) is 11.4 Å². The highest BCUT2D eigenvalue weighted by Gasteiger charge is 2.14. The van der Waals surface area contributed by atoms with Crippen molar-refractivity contribution >= 4 is 27.7 Å². The van der Waals surface area contributed by atoms with Crippen molar-refractivity contribution in [2.45, 2.75) is 17.8 Å². The molecule has 1 heterocycles. The number of nitrogens with zero attached hydrogens (tertiary/aromatic N) is 4. The molecule has 0 spiro atoms. The number of thioether (sulfide) groups is 1. The van der Waals surface area contributed by atoms with Gasteiger partial charge in [0.2, 0.25) is 5.16 Å². The average molecular weight is 391 g/mol. The molecule has 0 aliphatic rings. The summed E-state index contributed by atoms with van der Waals surface area (Å²) in [5.41, 5.74) is 3.16. The third-order valence-corrected chi connectivity index (χ3v) is 5.06. The van der Waals surface area contributed by atoms with E-state index < -0.39 is 0 Å². The SMILES string of the molecule is COc1ccc(C)cc1-n1nnnc1SCc1ccccc1Br. The van der Waals surface area contributed by atoms with Crippen molar-refractivity contribution in [2.75, 3.05) is 7.11 Å². The number of tetrazole rings is 1. The Hall–Kier alpha value is -1.86. The molecule has 0 N–H and O–H groups in total. The van der Waals surface area contributed by atoms with Crippen LogP contribution in [0.25, 0.3) is 5.69 Å². The second-order valence-corrected chi connectivity index (χ2v) is 6.73. The maximum absolute atomic E-state index is 5.43. The first kappa shape index (κ1) is 16.0. The van der Waals surface area contributed by atoms with Gasteiger partial charge >= 0.3 is 0 Å². The van der Waals surface area contributed by atoms with Crippen LogP contribution in [0.5, 0.6) is 5.75 Å². The van der Waals surface area contributed by atoms with Crippen molar-refractivity contribution in [3.63, 3.8) is 0 Å². The number of aryl methyl sites for hydroxylation is 1. The second-order valence-electron chi connectivity index (χ2n) is 4.93. The minimum Gasteiger partial charge on any atom is -0.494 e. The topological polar surface area (TPSA) is 52.8 Å². The zero-order valence-corrected chi connectivity index (χ0v) is 15.1. The molecule has 118 valence electrons. The molecule has 1 aromatic heterocycles. The quantitative estimate of drug-likeness (QED) is 0.615. The molecule has 7 heteroatoms. The molecule has 0 amide bonds. The normalized spacial score (nSPS) is 10.7. The van der Waals surface area contributed by atoms with Crippen LogP contribution in [0.2, 0.25) is 0 Å². The van der Waals surface area contributed by atoms with E-state index >= 15 is 0 Å². The van der Waals surface area contributed by atoms with Crippen molar-refractivity contribution in [1.82, 2.24) is 20.2 Å². The van der Waals surface area contributed by atoms with Crippen molar-refractivity contribution in [2.24, 2.45) is 0 Å². The van der Waals surface area contributed by atoms with Crippen molar-refractivity contribution < 1.29 is 4.74 Å². The lowest BCUT2D eigenvalue weighted by atomic mass is 10.2. The number of hydrogen-bond acceptors (Lipinski definition) is 5. The number of ether oxygens (including phenoxy) is 1. The third kappa shape index (κ3) is 3.56. The molecule has 2 aromatic carbocycles. The molecular weight excluding hydrogens is 376 g/mol. The Labute approximate surface area is 147 Å². The molecule has 0 fully saturated rings. The summed E-state index contributed by atoms with van der Waals surface area (Å²) in [6.45, 7) is 2.03. The van der Waals surface area contributed by atoms with Crippen LogP contribution in [-0.2, 0) is 5.75 Å². The summed E-state index contributed by atoms with van der Waals surface area (Å²) in [6.07, 6.45) is 0. The van der Waals surface area contributed by atoms with E-state index in [4.69, 9.17) is 4.74 Å². The second kappa shape index (κ2) is 7.14. The number of benzene rings is 2. The van der Waals surface area contributed by atoms with Crippen LogP contribution in [0, 0.1) is 6.92 Å². The van der Waals surface area contributed by atoms with Crippen LogP contribution in [-0.4, -0.2) is 27.3 Å². The Balaban J connectivity index is 1.88. The summed E-state index contributed by atoms with van der Waals surface area (Å²) in [4.78, 5) is 0.